The third-order valence-corrected chi connectivity index (χ3v) is 5.74. The van der Waals surface area contributed by atoms with Gasteiger partial charge in [-0.2, -0.15) is 0 Å². The van der Waals surface area contributed by atoms with Crippen LogP contribution in [-0.2, 0) is 4.74 Å². The lowest BCUT2D eigenvalue weighted by atomic mass is 10.1. The summed E-state index contributed by atoms with van der Waals surface area (Å²) in [4.78, 5) is 20.8. The minimum absolute atomic E-state index is 0.761. The Morgan fingerprint density at radius 1 is 0.793 bits per heavy atom. The van der Waals surface area contributed by atoms with Gasteiger partial charge in [-0.25, -0.2) is 9.97 Å². The van der Waals surface area contributed by atoms with Crippen LogP contribution >= 0.6 is 0 Å². The normalized spacial score (nSPS) is 17.8. The number of anilines is 3. The van der Waals surface area contributed by atoms with Crippen molar-refractivity contribution in [1.29, 1.82) is 0 Å². The summed E-state index contributed by atoms with van der Waals surface area (Å²) in [5.41, 5.74) is 3.41. The number of morpholine rings is 1. The molecule has 2 saturated heterocycles. The molecule has 7 nitrogen and oxygen atoms in total. The van der Waals surface area contributed by atoms with Gasteiger partial charge in [0.05, 0.1) is 18.7 Å². The summed E-state index contributed by atoms with van der Waals surface area (Å²) in [7, 11) is 0. The van der Waals surface area contributed by atoms with E-state index in [0.29, 0.717) is 0 Å². The first-order chi connectivity index (χ1) is 14.3. The molecule has 0 amide bonds. The molecule has 1 aromatic carbocycles. The lowest BCUT2D eigenvalue weighted by Gasteiger charge is -2.37. The fourth-order valence-corrected chi connectivity index (χ4v) is 4.20. The van der Waals surface area contributed by atoms with E-state index in [1.807, 2.05) is 0 Å². The molecule has 2 aliphatic heterocycles. The zero-order valence-corrected chi connectivity index (χ0v) is 16.8. The molecule has 0 atom stereocenters. The van der Waals surface area contributed by atoms with E-state index in [0.717, 1.165) is 75.3 Å². The Morgan fingerprint density at radius 3 is 2.21 bits per heavy atom. The van der Waals surface area contributed by atoms with E-state index < -0.39 is 0 Å². The minimum Gasteiger partial charge on any atom is -0.378 e. The summed E-state index contributed by atoms with van der Waals surface area (Å²) in [6, 6.07) is 12.7. The van der Waals surface area contributed by atoms with Gasteiger partial charge in [-0.15, -0.1) is 0 Å². The fraction of sp³-hybridized carbons (Fsp3) is 0.409. The summed E-state index contributed by atoms with van der Waals surface area (Å²) in [6.07, 6.45) is 1.69. The molecule has 0 saturated carbocycles. The number of aromatic nitrogens is 3. The maximum Gasteiger partial charge on any atom is 0.134 e. The first kappa shape index (κ1) is 18.1. The number of pyridine rings is 1. The molecule has 0 radical (unpaired) electrons. The van der Waals surface area contributed by atoms with E-state index in [1.165, 1.54) is 11.1 Å². The standard InChI is InChI=1S/C22H26N6O/c1-17-14-20(18-4-2-3-5-19(18)25-17)26-6-8-27(9-7-26)21-15-22(24-16-23-21)28-10-12-29-13-11-28/h2-5,14-16H,6-13H2,1H3. The molecule has 0 N–H and O–H groups in total. The van der Waals surface area contributed by atoms with Crippen molar-refractivity contribution in [3.8, 4) is 0 Å². The molecule has 5 rings (SSSR count). The number of nitrogens with zero attached hydrogens (tertiary/aromatic N) is 6. The number of hydrogen-bond donors (Lipinski definition) is 0. The number of benzene rings is 1. The Morgan fingerprint density at radius 2 is 1.45 bits per heavy atom. The van der Waals surface area contributed by atoms with E-state index >= 15 is 0 Å². The highest BCUT2D eigenvalue weighted by Gasteiger charge is 2.21. The molecular weight excluding hydrogens is 364 g/mol. The van der Waals surface area contributed by atoms with Gasteiger partial charge in [-0.1, -0.05) is 18.2 Å². The van der Waals surface area contributed by atoms with Crippen LogP contribution in [0.3, 0.4) is 0 Å². The van der Waals surface area contributed by atoms with Gasteiger partial charge in [0.25, 0.3) is 0 Å². The minimum atomic E-state index is 0.761. The lowest BCUT2D eigenvalue weighted by Crippen LogP contribution is -2.47. The maximum atomic E-state index is 5.46. The van der Waals surface area contributed by atoms with Crippen molar-refractivity contribution in [3.63, 3.8) is 0 Å². The quantitative estimate of drug-likeness (QED) is 0.681. The van der Waals surface area contributed by atoms with Crippen LogP contribution < -0.4 is 14.7 Å². The Hall–Kier alpha value is -2.93. The Kier molecular flexibility index (Phi) is 4.89. The van der Waals surface area contributed by atoms with E-state index in [4.69, 9.17) is 4.74 Å². The smallest absolute Gasteiger partial charge is 0.134 e. The largest absolute Gasteiger partial charge is 0.378 e. The molecule has 150 valence electrons. The first-order valence-electron chi connectivity index (χ1n) is 10.3. The van der Waals surface area contributed by atoms with Gasteiger partial charge in [-0.05, 0) is 19.1 Å². The lowest BCUT2D eigenvalue weighted by molar-refractivity contribution is 0.122. The molecule has 29 heavy (non-hydrogen) atoms. The average molecular weight is 390 g/mol. The summed E-state index contributed by atoms with van der Waals surface area (Å²) in [5.74, 6) is 2.01. The molecular formula is C22H26N6O. The van der Waals surface area contributed by atoms with E-state index in [-0.39, 0.29) is 0 Å². The second-order valence-electron chi connectivity index (χ2n) is 7.61. The summed E-state index contributed by atoms with van der Waals surface area (Å²) in [6.45, 7) is 9.17. The van der Waals surface area contributed by atoms with Crippen molar-refractivity contribution >= 4 is 28.2 Å². The zero-order chi connectivity index (χ0) is 19.6. The van der Waals surface area contributed by atoms with Gasteiger partial charge in [0.15, 0.2) is 0 Å². The Labute approximate surface area is 170 Å². The second kappa shape index (κ2) is 7.83. The fourth-order valence-electron chi connectivity index (χ4n) is 4.20. The van der Waals surface area contributed by atoms with E-state index in [1.54, 1.807) is 6.33 Å². The molecule has 2 aromatic heterocycles. The van der Waals surface area contributed by atoms with Crippen molar-refractivity contribution in [2.24, 2.45) is 0 Å². The molecule has 0 unspecified atom stereocenters. The van der Waals surface area contributed by atoms with Crippen molar-refractivity contribution in [2.45, 2.75) is 6.92 Å². The van der Waals surface area contributed by atoms with Crippen LogP contribution in [0.1, 0.15) is 5.69 Å². The number of rotatable bonds is 3. The van der Waals surface area contributed by atoms with Crippen molar-refractivity contribution in [2.75, 3.05) is 67.2 Å². The third-order valence-electron chi connectivity index (χ3n) is 5.74. The van der Waals surface area contributed by atoms with Gasteiger partial charge in [0.2, 0.25) is 0 Å². The monoisotopic (exact) mass is 390 g/mol. The van der Waals surface area contributed by atoms with Crippen LogP contribution in [0.5, 0.6) is 0 Å². The van der Waals surface area contributed by atoms with Crippen LogP contribution in [0.15, 0.2) is 42.7 Å². The van der Waals surface area contributed by atoms with Crippen LogP contribution in [-0.4, -0.2) is 67.4 Å². The molecule has 4 heterocycles. The second-order valence-corrected chi connectivity index (χ2v) is 7.61. The Bertz CT molecular complexity index is 996. The number of piperazine rings is 1. The van der Waals surface area contributed by atoms with Crippen LogP contribution in [0.2, 0.25) is 0 Å². The Balaban J connectivity index is 1.32. The summed E-state index contributed by atoms with van der Waals surface area (Å²) < 4.78 is 5.46. The van der Waals surface area contributed by atoms with Crippen molar-refractivity contribution < 1.29 is 4.74 Å². The predicted molar refractivity (Wildman–Crippen MR) is 116 cm³/mol. The summed E-state index contributed by atoms with van der Waals surface area (Å²) in [5, 5.41) is 1.23. The van der Waals surface area contributed by atoms with Crippen molar-refractivity contribution in [3.05, 3.63) is 48.4 Å². The number of ether oxygens (including phenoxy) is 1. The van der Waals surface area contributed by atoms with Gasteiger partial charge in [-0.3, -0.25) is 4.98 Å². The topological polar surface area (TPSA) is 57.6 Å². The number of para-hydroxylation sites is 1. The highest BCUT2D eigenvalue weighted by molar-refractivity contribution is 5.92. The summed E-state index contributed by atoms with van der Waals surface area (Å²) >= 11 is 0. The number of aryl methyl sites for hydroxylation is 1. The molecule has 0 spiro atoms. The first-order valence-corrected chi connectivity index (χ1v) is 10.3. The van der Waals surface area contributed by atoms with Gasteiger partial charge in [0.1, 0.15) is 18.0 Å². The molecule has 2 aliphatic rings. The maximum absolute atomic E-state index is 5.46. The number of hydrogen-bond acceptors (Lipinski definition) is 7. The highest BCUT2D eigenvalue weighted by Crippen LogP contribution is 2.28. The van der Waals surface area contributed by atoms with Gasteiger partial charge in [0, 0.05) is 62.1 Å². The zero-order valence-electron chi connectivity index (χ0n) is 16.8. The van der Waals surface area contributed by atoms with Gasteiger partial charge < -0.3 is 19.4 Å². The van der Waals surface area contributed by atoms with E-state index in [9.17, 15) is 0 Å². The van der Waals surface area contributed by atoms with E-state index in [2.05, 4.69) is 73.0 Å². The average Bonchev–Trinajstić information content (AvgIpc) is 2.79. The SMILES string of the molecule is Cc1cc(N2CCN(c3cc(N4CCOCC4)ncn3)CC2)c2ccccc2n1. The molecule has 0 bridgehead atoms. The van der Waals surface area contributed by atoms with Crippen LogP contribution in [0.25, 0.3) is 10.9 Å². The molecule has 0 aliphatic carbocycles. The third kappa shape index (κ3) is 3.70. The van der Waals surface area contributed by atoms with Crippen LogP contribution in [0, 0.1) is 6.92 Å². The van der Waals surface area contributed by atoms with Crippen LogP contribution in [0.4, 0.5) is 17.3 Å². The van der Waals surface area contributed by atoms with Gasteiger partial charge >= 0.3 is 0 Å². The highest BCUT2D eigenvalue weighted by atomic mass is 16.5. The predicted octanol–water partition coefficient (Wildman–Crippen LogP) is 2.50. The molecule has 3 aromatic rings. The van der Waals surface area contributed by atoms with Crippen molar-refractivity contribution in [1.82, 2.24) is 15.0 Å². The molecule has 2 fully saturated rings. The number of fused-ring (bicyclic) bond motifs is 1. The molecule has 7 heteroatoms.